The number of nitrogens with two attached hydrogens (primary N) is 1. The summed E-state index contributed by atoms with van der Waals surface area (Å²) < 4.78 is 15.8. The van der Waals surface area contributed by atoms with Crippen LogP contribution in [0.4, 0.5) is 0 Å². The number of imidazole rings is 1. The third kappa shape index (κ3) is 3.24. The smallest absolute Gasteiger partial charge is 0.250 e. The van der Waals surface area contributed by atoms with E-state index in [1.165, 1.54) is 29.4 Å². The third-order valence-corrected chi connectivity index (χ3v) is 8.23. The Morgan fingerprint density at radius 1 is 1.45 bits per heavy atom. The fourth-order valence-electron chi connectivity index (χ4n) is 4.66. The molecule has 168 valence electrons. The molecule has 2 aromatic heterocycles. The number of thiazole rings is 1. The van der Waals surface area contributed by atoms with Crippen molar-refractivity contribution in [3.8, 4) is 0 Å². The minimum atomic E-state index is -1.44. The molecule has 10 nitrogen and oxygen atoms in total. The molecule has 4 N–H and O–H groups in total. The minimum absolute atomic E-state index is 0.0621. The van der Waals surface area contributed by atoms with Gasteiger partial charge in [0.2, 0.25) is 15.8 Å². The molecule has 0 bridgehead atoms. The van der Waals surface area contributed by atoms with Gasteiger partial charge in [-0.3, -0.25) is 9.00 Å². The molecule has 0 spiro atoms. The van der Waals surface area contributed by atoms with Crippen LogP contribution in [0.3, 0.4) is 0 Å². The number of carboxylic acid groups (broad SMARTS) is 1. The van der Waals surface area contributed by atoms with Gasteiger partial charge in [0, 0.05) is 24.3 Å². The van der Waals surface area contributed by atoms with Crippen LogP contribution in [0.15, 0.2) is 23.2 Å². The molecular formula is C19H24N4O6S2. The maximum atomic E-state index is 12.5. The lowest BCUT2D eigenvalue weighted by Gasteiger charge is -2.47. The summed E-state index contributed by atoms with van der Waals surface area (Å²) in [7, 11) is -1.38. The highest BCUT2D eigenvalue weighted by Gasteiger charge is 2.59. The quantitative estimate of drug-likeness (QED) is 0.304. The molecule has 0 aromatic carbocycles. The number of nitrogens with zero attached hydrogens (tertiary/aromatic N) is 3. The first kappa shape index (κ1) is 22.1. The van der Waals surface area contributed by atoms with Crippen molar-refractivity contribution < 1.29 is 33.5 Å². The molecule has 1 saturated heterocycles. The van der Waals surface area contributed by atoms with Crippen molar-refractivity contribution in [2.45, 2.75) is 43.7 Å². The normalized spacial score (nSPS) is 26.2. The minimum Gasteiger partial charge on any atom is -0.543 e. The van der Waals surface area contributed by atoms with Gasteiger partial charge in [0.1, 0.15) is 18.8 Å². The largest absolute Gasteiger partial charge is 0.543 e. The average molecular weight is 469 g/mol. The van der Waals surface area contributed by atoms with Crippen LogP contribution < -0.4 is 15.2 Å². The summed E-state index contributed by atoms with van der Waals surface area (Å²) in [5, 5.41) is 32.4. The fraction of sp³-hybridized carbons (Fsp3) is 0.526. The van der Waals surface area contributed by atoms with Crippen LogP contribution in [0, 0.1) is 11.8 Å². The zero-order valence-corrected chi connectivity index (χ0v) is 18.9. The van der Waals surface area contributed by atoms with E-state index in [1.54, 1.807) is 21.5 Å². The number of amides is 1. The number of hydrogen-bond donors (Lipinski definition) is 3. The summed E-state index contributed by atoms with van der Waals surface area (Å²) in [6, 6.07) is -0.443. The highest BCUT2D eigenvalue weighted by molar-refractivity contribution is 7.84. The van der Waals surface area contributed by atoms with Crippen LogP contribution >= 0.6 is 11.3 Å². The fourth-order valence-corrected chi connectivity index (χ4v) is 7.12. The third-order valence-electron chi connectivity index (χ3n) is 5.99. The van der Waals surface area contributed by atoms with Crippen LogP contribution in [0.2, 0.25) is 0 Å². The van der Waals surface area contributed by atoms with Gasteiger partial charge in [-0.15, -0.1) is 0 Å². The van der Waals surface area contributed by atoms with Crippen molar-refractivity contribution in [1.82, 2.24) is 9.47 Å². The number of carbonyl (C=O) groups excluding carboxylic acids is 2. The lowest BCUT2D eigenvalue weighted by molar-refractivity contribution is -0.508. The highest BCUT2D eigenvalue weighted by atomic mass is 32.2. The maximum Gasteiger partial charge on any atom is 0.250 e. The monoisotopic (exact) mass is 468 g/mol. The number of rotatable bonds is 7. The van der Waals surface area contributed by atoms with Crippen molar-refractivity contribution >= 4 is 44.4 Å². The number of aliphatic carboxylic acids is 1. The lowest BCUT2D eigenvalue weighted by Crippen LogP contribution is -2.64. The topological polar surface area (TPSA) is 153 Å². The molecule has 2 aromatic rings. The van der Waals surface area contributed by atoms with Gasteiger partial charge in [-0.1, -0.05) is 18.3 Å². The number of aliphatic hydroxyl groups is 2. The van der Waals surface area contributed by atoms with E-state index in [0.717, 1.165) is 0 Å². The number of aromatic nitrogens is 2. The van der Waals surface area contributed by atoms with E-state index >= 15 is 0 Å². The standard InChI is InChI=1S/C19H24N4O6S2/c1-8-12(15(19(27)28)23-14(8)13(9(2)24)16(23)26)11-6-21-7-22(5-10(25)4-20)18(31(3)29)17(21)30-11/h6-10,13-14,24-25H,4-5,20H2,1-3H3/t8-,9?,10-,13-,14-,31?/m1/s1. The number of hydrogen-bond acceptors (Lipinski definition) is 8. The molecule has 0 aliphatic carbocycles. The van der Waals surface area contributed by atoms with Crippen molar-refractivity contribution in [3.63, 3.8) is 0 Å². The van der Waals surface area contributed by atoms with E-state index in [4.69, 9.17) is 5.73 Å². The van der Waals surface area contributed by atoms with E-state index < -0.39 is 46.8 Å². The number of fused-ring (bicyclic) bond motifs is 2. The molecule has 0 radical (unpaired) electrons. The second-order valence-electron chi connectivity index (χ2n) is 8.03. The van der Waals surface area contributed by atoms with Crippen molar-refractivity contribution in [2.75, 3.05) is 12.8 Å². The average Bonchev–Trinajstić information content (AvgIpc) is 3.28. The molecule has 1 amide bonds. The second kappa shape index (κ2) is 7.78. The highest BCUT2D eigenvalue weighted by Crippen LogP contribution is 2.51. The van der Waals surface area contributed by atoms with Gasteiger partial charge in [-0.25, -0.2) is 4.57 Å². The molecule has 12 heteroatoms. The number of carbonyl (C=O) groups is 2. The molecule has 2 aliphatic heterocycles. The summed E-state index contributed by atoms with van der Waals surface area (Å²) in [6.07, 6.45) is 3.26. The SMILES string of the molecule is CC(O)[C@H]1C(=O)N2C(C(=O)[O-])=C(c3c[n+]4cn(C[C@H](O)CN)c(S(C)=O)c4s3)[C@@H](C)[C@H]12. The zero-order valence-electron chi connectivity index (χ0n) is 17.2. The first-order chi connectivity index (χ1) is 14.6. The van der Waals surface area contributed by atoms with Crippen LogP contribution in [0.5, 0.6) is 0 Å². The molecule has 0 saturated carbocycles. The van der Waals surface area contributed by atoms with Gasteiger partial charge in [0.25, 0.3) is 6.33 Å². The Labute approximate surface area is 184 Å². The molecule has 2 aliphatic rings. The lowest BCUT2D eigenvalue weighted by atomic mass is 9.77. The van der Waals surface area contributed by atoms with Crippen molar-refractivity contribution in [2.24, 2.45) is 17.6 Å². The molecule has 4 rings (SSSR count). The summed E-state index contributed by atoms with van der Waals surface area (Å²) in [4.78, 5) is 27.0. The summed E-state index contributed by atoms with van der Waals surface area (Å²) in [5.74, 6) is -2.85. The van der Waals surface area contributed by atoms with Crippen LogP contribution in [-0.2, 0) is 26.9 Å². The Morgan fingerprint density at radius 3 is 2.68 bits per heavy atom. The van der Waals surface area contributed by atoms with Crippen molar-refractivity contribution in [3.05, 3.63) is 23.1 Å². The van der Waals surface area contributed by atoms with Gasteiger partial charge in [-0.05, 0) is 6.92 Å². The summed E-state index contributed by atoms with van der Waals surface area (Å²) >= 11 is 1.26. The van der Waals surface area contributed by atoms with E-state index in [2.05, 4.69) is 0 Å². The van der Waals surface area contributed by atoms with Crippen LogP contribution in [0.25, 0.3) is 10.4 Å². The van der Waals surface area contributed by atoms with Gasteiger partial charge < -0.3 is 30.7 Å². The van der Waals surface area contributed by atoms with Gasteiger partial charge >= 0.3 is 0 Å². The molecular weight excluding hydrogens is 444 g/mol. The molecule has 6 atom stereocenters. The Hall–Kier alpha value is -2.12. The predicted octanol–water partition coefficient (Wildman–Crippen LogP) is -2.34. The Bertz CT molecular complexity index is 1140. The van der Waals surface area contributed by atoms with E-state index in [1.807, 2.05) is 6.92 Å². The van der Waals surface area contributed by atoms with Gasteiger partial charge in [0.15, 0.2) is 0 Å². The van der Waals surface area contributed by atoms with Crippen LogP contribution in [0.1, 0.15) is 18.7 Å². The summed E-state index contributed by atoms with van der Waals surface area (Å²) in [5.41, 5.74) is 5.79. The van der Waals surface area contributed by atoms with Gasteiger partial charge in [0.05, 0.1) is 45.4 Å². The molecule has 1 fully saturated rings. The molecule has 2 unspecified atom stereocenters. The van der Waals surface area contributed by atoms with E-state index in [9.17, 15) is 29.1 Å². The van der Waals surface area contributed by atoms with E-state index in [-0.39, 0.29) is 24.7 Å². The van der Waals surface area contributed by atoms with Crippen molar-refractivity contribution in [1.29, 1.82) is 0 Å². The summed E-state index contributed by atoms with van der Waals surface area (Å²) in [6.45, 7) is 3.60. The first-order valence-electron chi connectivity index (χ1n) is 9.80. The number of aliphatic hydroxyl groups excluding tert-OH is 2. The zero-order chi connectivity index (χ0) is 22.8. The molecule has 4 heterocycles. The van der Waals surface area contributed by atoms with E-state index in [0.29, 0.717) is 20.3 Å². The number of carboxylic acids is 1. The predicted molar refractivity (Wildman–Crippen MR) is 110 cm³/mol. The Morgan fingerprint density at radius 2 is 2.13 bits per heavy atom. The Balaban J connectivity index is 1.82. The second-order valence-corrected chi connectivity index (χ2v) is 10.4. The maximum absolute atomic E-state index is 12.5. The first-order valence-corrected chi connectivity index (χ1v) is 12.2. The van der Waals surface area contributed by atoms with Crippen LogP contribution in [-0.4, -0.2) is 66.8 Å². The van der Waals surface area contributed by atoms with Gasteiger partial charge in [-0.2, -0.15) is 4.40 Å². The Kier molecular flexibility index (Phi) is 5.54. The molecule has 31 heavy (non-hydrogen) atoms. The number of β-lactam (4-membered cyclic amide) rings is 1.